The molecule has 0 radical (unpaired) electrons. The molecular formula is C13H24N2O2. The highest BCUT2D eigenvalue weighted by molar-refractivity contribution is 5.73. The van der Waals surface area contributed by atoms with Gasteiger partial charge >= 0.3 is 5.97 Å². The van der Waals surface area contributed by atoms with E-state index in [9.17, 15) is 4.79 Å². The van der Waals surface area contributed by atoms with Crippen LogP contribution >= 0.6 is 0 Å². The average molecular weight is 240 g/mol. The van der Waals surface area contributed by atoms with E-state index in [-0.39, 0.29) is 17.9 Å². The first-order chi connectivity index (χ1) is 8.13. The van der Waals surface area contributed by atoms with Crippen molar-refractivity contribution in [3.05, 3.63) is 0 Å². The second-order valence-electron chi connectivity index (χ2n) is 5.55. The second-order valence-corrected chi connectivity index (χ2v) is 5.55. The summed E-state index contributed by atoms with van der Waals surface area (Å²) < 4.78 is 4.85. The third kappa shape index (κ3) is 2.63. The molecule has 2 fully saturated rings. The van der Waals surface area contributed by atoms with Gasteiger partial charge in [-0.1, -0.05) is 13.3 Å². The smallest absolute Gasteiger partial charge is 0.311 e. The Kier molecular flexibility index (Phi) is 4.05. The molecule has 0 bridgehead atoms. The SMILES string of the molecule is COC(=O)[C@@H]1CN(C2CCCC2C)CC[C@H]1N. The number of methoxy groups -OCH3 is 1. The molecule has 1 saturated carbocycles. The van der Waals surface area contributed by atoms with Crippen molar-refractivity contribution in [1.82, 2.24) is 4.90 Å². The van der Waals surface area contributed by atoms with Crippen molar-refractivity contribution >= 4 is 5.97 Å². The van der Waals surface area contributed by atoms with E-state index in [1.807, 2.05) is 0 Å². The quantitative estimate of drug-likeness (QED) is 0.732. The number of carbonyl (C=O) groups excluding carboxylic acids is 1. The third-order valence-corrected chi connectivity index (χ3v) is 4.49. The predicted molar refractivity (Wildman–Crippen MR) is 66.5 cm³/mol. The largest absolute Gasteiger partial charge is 0.469 e. The molecule has 0 amide bonds. The van der Waals surface area contributed by atoms with E-state index in [2.05, 4.69) is 11.8 Å². The molecule has 1 heterocycles. The summed E-state index contributed by atoms with van der Waals surface area (Å²) in [5.41, 5.74) is 6.02. The van der Waals surface area contributed by atoms with Crippen LogP contribution in [-0.4, -0.2) is 43.2 Å². The number of hydrogen-bond acceptors (Lipinski definition) is 4. The minimum absolute atomic E-state index is 0.0320. The van der Waals surface area contributed by atoms with Crippen molar-refractivity contribution in [2.45, 2.75) is 44.7 Å². The molecule has 4 atom stereocenters. The zero-order valence-corrected chi connectivity index (χ0v) is 10.9. The number of rotatable bonds is 2. The third-order valence-electron chi connectivity index (χ3n) is 4.49. The highest BCUT2D eigenvalue weighted by atomic mass is 16.5. The van der Waals surface area contributed by atoms with Crippen molar-refractivity contribution < 1.29 is 9.53 Å². The normalized spacial score (nSPS) is 39.2. The van der Waals surface area contributed by atoms with Crippen molar-refractivity contribution in [1.29, 1.82) is 0 Å². The van der Waals surface area contributed by atoms with Crippen LogP contribution in [0.3, 0.4) is 0 Å². The summed E-state index contributed by atoms with van der Waals surface area (Å²) in [5.74, 6) is 0.469. The lowest BCUT2D eigenvalue weighted by Gasteiger charge is -2.40. The highest BCUT2D eigenvalue weighted by Gasteiger charge is 2.38. The highest BCUT2D eigenvalue weighted by Crippen LogP contribution is 2.32. The molecule has 0 aromatic rings. The lowest BCUT2D eigenvalue weighted by atomic mass is 9.90. The van der Waals surface area contributed by atoms with E-state index in [4.69, 9.17) is 10.5 Å². The lowest BCUT2D eigenvalue weighted by Crippen LogP contribution is -2.53. The van der Waals surface area contributed by atoms with E-state index >= 15 is 0 Å². The Balaban J connectivity index is 1.99. The summed E-state index contributed by atoms with van der Waals surface area (Å²) in [7, 11) is 1.45. The van der Waals surface area contributed by atoms with E-state index in [1.165, 1.54) is 26.4 Å². The number of hydrogen-bond donors (Lipinski definition) is 1. The molecular weight excluding hydrogens is 216 g/mol. The number of ether oxygens (including phenoxy) is 1. The molecule has 98 valence electrons. The van der Waals surface area contributed by atoms with Crippen LogP contribution < -0.4 is 5.73 Å². The zero-order chi connectivity index (χ0) is 12.4. The molecule has 2 N–H and O–H groups in total. The molecule has 4 nitrogen and oxygen atoms in total. The maximum absolute atomic E-state index is 11.7. The van der Waals surface area contributed by atoms with E-state index in [0.717, 1.165) is 25.4 Å². The van der Waals surface area contributed by atoms with Crippen LogP contribution in [0.2, 0.25) is 0 Å². The Morgan fingerprint density at radius 3 is 2.71 bits per heavy atom. The van der Waals surface area contributed by atoms with Gasteiger partial charge in [0.15, 0.2) is 0 Å². The molecule has 4 heteroatoms. The molecule has 1 aliphatic heterocycles. The molecule has 0 spiro atoms. The summed E-state index contributed by atoms with van der Waals surface area (Å²) in [6.07, 6.45) is 4.81. The van der Waals surface area contributed by atoms with Crippen LogP contribution in [0.25, 0.3) is 0 Å². The fourth-order valence-corrected chi connectivity index (χ4v) is 3.37. The molecule has 2 rings (SSSR count). The topological polar surface area (TPSA) is 55.6 Å². The Labute approximate surface area is 103 Å². The Morgan fingerprint density at radius 1 is 1.35 bits per heavy atom. The van der Waals surface area contributed by atoms with Crippen LogP contribution in [-0.2, 0) is 9.53 Å². The van der Waals surface area contributed by atoms with Crippen molar-refractivity contribution in [2.75, 3.05) is 20.2 Å². The van der Waals surface area contributed by atoms with Crippen LogP contribution in [0.15, 0.2) is 0 Å². The molecule has 1 saturated heterocycles. The Bertz CT molecular complexity index is 283. The average Bonchev–Trinajstić information content (AvgIpc) is 2.75. The van der Waals surface area contributed by atoms with Gasteiger partial charge in [0.25, 0.3) is 0 Å². The summed E-state index contributed by atoms with van der Waals surface area (Å²) >= 11 is 0. The first kappa shape index (κ1) is 12.8. The summed E-state index contributed by atoms with van der Waals surface area (Å²) in [5, 5.41) is 0. The second kappa shape index (κ2) is 5.36. The van der Waals surface area contributed by atoms with Gasteiger partial charge in [-0.15, -0.1) is 0 Å². The molecule has 0 aromatic heterocycles. The van der Waals surface area contributed by atoms with Gasteiger partial charge in [0, 0.05) is 18.6 Å². The van der Waals surface area contributed by atoms with Crippen LogP contribution in [0, 0.1) is 11.8 Å². The minimum Gasteiger partial charge on any atom is -0.469 e. The van der Waals surface area contributed by atoms with E-state index in [1.54, 1.807) is 0 Å². The summed E-state index contributed by atoms with van der Waals surface area (Å²) in [6, 6.07) is 0.616. The molecule has 2 aliphatic rings. The fourth-order valence-electron chi connectivity index (χ4n) is 3.37. The van der Waals surface area contributed by atoms with Gasteiger partial charge < -0.3 is 10.5 Å². The Morgan fingerprint density at radius 2 is 2.12 bits per heavy atom. The van der Waals surface area contributed by atoms with E-state index in [0.29, 0.717) is 6.04 Å². The van der Waals surface area contributed by atoms with Gasteiger partial charge in [-0.3, -0.25) is 9.69 Å². The number of carbonyl (C=O) groups is 1. The zero-order valence-electron chi connectivity index (χ0n) is 10.9. The van der Waals surface area contributed by atoms with Gasteiger partial charge in [-0.05, 0) is 31.7 Å². The van der Waals surface area contributed by atoms with Gasteiger partial charge in [-0.25, -0.2) is 0 Å². The summed E-state index contributed by atoms with van der Waals surface area (Å²) in [6.45, 7) is 4.13. The predicted octanol–water partition coefficient (Wildman–Crippen LogP) is 0.997. The maximum atomic E-state index is 11.7. The van der Waals surface area contributed by atoms with Gasteiger partial charge in [0.2, 0.25) is 0 Å². The van der Waals surface area contributed by atoms with Gasteiger partial charge in [-0.2, -0.15) is 0 Å². The van der Waals surface area contributed by atoms with Crippen molar-refractivity contribution in [3.8, 4) is 0 Å². The number of likely N-dealkylation sites (tertiary alicyclic amines) is 1. The maximum Gasteiger partial charge on any atom is 0.311 e. The monoisotopic (exact) mass is 240 g/mol. The standard InChI is InChI=1S/C13H24N2O2/c1-9-4-3-5-12(9)15-7-6-11(14)10(8-15)13(16)17-2/h9-12H,3-8,14H2,1-2H3/t9?,10-,11-,12?/m1/s1. The molecule has 1 aliphatic carbocycles. The molecule has 17 heavy (non-hydrogen) atoms. The molecule has 0 aromatic carbocycles. The fraction of sp³-hybridized carbons (Fsp3) is 0.923. The first-order valence-corrected chi connectivity index (χ1v) is 6.71. The van der Waals surface area contributed by atoms with Crippen LogP contribution in [0.5, 0.6) is 0 Å². The van der Waals surface area contributed by atoms with Gasteiger partial charge in [0.05, 0.1) is 13.0 Å². The lowest BCUT2D eigenvalue weighted by molar-refractivity contribution is -0.148. The number of piperidine rings is 1. The Hall–Kier alpha value is -0.610. The van der Waals surface area contributed by atoms with Crippen LogP contribution in [0.4, 0.5) is 0 Å². The van der Waals surface area contributed by atoms with E-state index < -0.39 is 0 Å². The number of nitrogens with zero attached hydrogens (tertiary/aromatic N) is 1. The molecule has 2 unspecified atom stereocenters. The summed E-state index contributed by atoms with van der Waals surface area (Å²) in [4.78, 5) is 14.2. The number of nitrogens with two attached hydrogens (primary N) is 1. The van der Waals surface area contributed by atoms with Crippen LogP contribution in [0.1, 0.15) is 32.6 Å². The van der Waals surface area contributed by atoms with Gasteiger partial charge in [0.1, 0.15) is 0 Å². The number of esters is 1. The van der Waals surface area contributed by atoms with Crippen molar-refractivity contribution in [3.63, 3.8) is 0 Å². The first-order valence-electron chi connectivity index (χ1n) is 6.71. The van der Waals surface area contributed by atoms with Crippen molar-refractivity contribution in [2.24, 2.45) is 17.6 Å². The minimum atomic E-state index is -0.146.